The molecule has 0 fully saturated rings. The van der Waals surface area contributed by atoms with Crippen molar-refractivity contribution < 1.29 is 9.84 Å². The first-order valence-electron chi connectivity index (χ1n) is 6.26. The molecule has 0 amide bonds. The van der Waals surface area contributed by atoms with E-state index < -0.39 is 0 Å². The Labute approximate surface area is 118 Å². The molecule has 18 heavy (non-hydrogen) atoms. The predicted octanol–water partition coefficient (Wildman–Crippen LogP) is 3.13. The van der Waals surface area contributed by atoms with Gasteiger partial charge in [0.1, 0.15) is 5.75 Å². The number of methoxy groups -OCH3 is 1. The molecule has 4 heteroatoms. The van der Waals surface area contributed by atoms with Crippen molar-refractivity contribution in [1.82, 2.24) is 5.32 Å². The zero-order valence-electron chi connectivity index (χ0n) is 11.2. The van der Waals surface area contributed by atoms with Gasteiger partial charge in [-0.2, -0.15) is 0 Å². The van der Waals surface area contributed by atoms with Gasteiger partial charge in [0, 0.05) is 17.1 Å². The fourth-order valence-electron chi connectivity index (χ4n) is 1.80. The van der Waals surface area contributed by atoms with Crippen molar-refractivity contribution in [2.24, 2.45) is 5.92 Å². The van der Waals surface area contributed by atoms with E-state index in [1.54, 1.807) is 7.11 Å². The summed E-state index contributed by atoms with van der Waals surface area (Å²) >= 11 is 3.57. The summed E-state index contributed by atoms with van der Waals surface area (Å²) in [4.78, 5) is 0. The number of halogens is 1. The summed E-state index contributed by atoms with van der Waals surface area (Å²) in [5, 5.41) is 12.4. The molecule has 3 nitrogen and oxygen atoms in total. The van der Waals surface area contributed by atoms with Gasteiger partial charge in [-0.25, -0.2) is 0 Å². The number of aliphatic hydroxyl groups excluding tert-OH is 1. The molecule has 0 bridgehead atoms. The van der Waals surface area contributed by atoms with Crippen LogP contribution in [0.4, 0.5) is 0 Å². The molecule has 0 heterocycles. The van der Waals surface area contributed by atoms with E-state index >= 15 is 0 Å². The third-order valence-electron chi connectivity index (χ3n) is 3.07. The van der Waals surface area contributed by atoms with Gasteiger partial charge in [0.25, 0.3) is 0 Å². The molecule has 1 aromatic rings. The first kappa shape index (κ1) is 15.5. The smallest absolute Gasteiger partial charge is 0.120 e. The summed E-state index contributed by atoms with van der Waals surface area (Å²) in [7, 11) is 1.67. The zero-order valence-corrected chi connectivity index (χ0v) is 12.8. The highest BCUT2D eigenvalue weighted by Crippen LogP contribution is 2.27. The fraction of sp³-hybridized carbons (Fsp3) is 0.571. The zero-order chi connectivity index (χ0) is 13.5. The van der Waals surface area contributed by atoms with E-state index in [0.29, 0.717) is 5.92 Å². The number of hydrogen-bond acceptors (Lipinski definition) is 3. The number of ether oxygens (including phenoxy) is 1. The molecule has 0 aliphatic heterocycles. The molecule has 2 N–H and O–H groups in total. The molecule has 0 saturated carbocycles. The minimum atomic E-state index is 0.253. The lowest BCUT2D eigenvalue weighted by molar-refractivity contribution is 0.258. The van der Waals surface area contributed by atoms with Gasteiger partial charge in [0.2, 0.25) is 0 Å². The largest absolute Gasteiger partial charge is 0.497 e. The Hall–Kier alpha value is -0.580. The average Bonchev–Trinajstić information content (AvgIpc) is 2.36. The molecule has 0 saturated heterocycles. The molecular weight excluding hydrogens is 294 g/mol. The van der Waals surface area contributed by atoms with Crippen molar-refractivity contribution in [3.8, 4) is 5.75 Å². The normalized spacial score (nSPS) is 14.3. The monoisotopic (exact) mass is 315 g/mol. The molecule has 0 aliphatic carbocycles. The molecular formula is C14H22BrNO2. The van der Waals surface area contributed by atoms with E-state index in [4.69, 9.17) is 9.84 Å². The molecule has 1 rings (SSSR count). The minimum absolute atomic E-state index is 0.253. The molecule has 0 aliphatic rings. The Morgan fingerprint density at radius 2 is 2.11 bits per heavy atom. The van der Waals surface area contributed by atoms with E-state index in [0.717, 1.165) is 23.2 Å². The van der Waals surface area contributed by atoms with Gasteiger partial charge in [-0.1, -0.05) is 28.9 Å². The molecule has 0 aromatic heterocycles. The van der Waals surface area contributed by atoms with Crippen molar-refractivity contribution >= 4 is 15.9 Å². The van der Waals surface area contributed by atoms with Gasteiger partial charge in [-0.3, -0.25) is 0 Å². The van der Waals surface area contributed by atoms with Crippen LogP contribution in [0.3, 0.4) is 0 Å². The average molecular weight is 316 g/mol. The second-order valence-corrected chi connectivity index (χ2v) is 5.49. The highest BCUT2D eigenvalue weighted by atomic mass is 79.9. The summed E-state index contributed by atoms with van der Waals surface area (Å²) in [5.41, 5.74) is 1.21. The van der Waals surface area contributed by atoms with Crippen LogP contribution in [0.25, 0.3) is 0 Å². The van der Waals surface area contributed by atoms with E-state index in [1.807, 2.05) is 12.1 Å². The highest BCUT2D eigenvalue weighted by molar-refractivity contribution is 9.10. The maximum absolute atomic E-state index is 8.87. The van der Waals surface area contributed by atoms with E-state index in [1.165, 1.54) is 5.56 Å². The van der Waals surface area contributed by atoms with E-state index in [9.17, 15) is 0 Å². The maximum Gasteiger partial charge on any atom is 0.120 e. The Morgan fingerprint density at radius 3 is 2.67 bits per heavy atom. The molecule has 1 aromatic carbocycles. The topological polar surface area (TPSA) is 41.5 Å². The van der Waals surface area contributed by atoms with Crippen molar-refractivity contribution in [3.63, 3.8) is 0 Å². The van der Waals surface area contributed by atoms with E-state index in [-0.39, 0.29) is 12.6 Å². The standard InChI is InChI=1S/C14H22BrNO2/c1-10(6-7-17)9-16-11(2)13-5-4-12(18-3)8-14(13)15/h4-5,8,10-11,16-17H,6-7,9H2,1-3H3. The van der Waals surface area contributed by atoms with E-state index in [2.05, 4.69) is 41.2 Å². The summed E-state index contributed by atoms with van der Waals surface area (Å²) in [5.74, 6) is 1.33. The lowest BCUT2D eigenvalue weighted by atomic mass is 10.1. The number of rotatable bonds is 7. The molecule has 2 atom stereocenters. The van der Waals surface area contributed by atoms with Crippen LogP contribution in [0.15, 0.2) is 22.7 Å². The molecule has 0 spiro atoms. The van der Waals surface area contributed by atoms with Crippen LogP contribution in [-0.2, 0) is 0 Å². The van der Waals surface area contributed by atoms with Crippen LogP contribution >= 0.6 is 15.9 Å². The Kier molecular flexibility index (Phi) is 6.68. The molecule has 2 unspecified atom stereocenters. The van der Waals surface area contributed by atoms with Crippen molar-refractivity contribution in [2.75, 3.05) is 20.3 Å². The summed E-state index contributed by atoms with van der Waals surface area (Å²) in [6.07, 6.45) is 0.837. The predicted molar refractivity (Wildman–Crippen MR) is 78.0 cm³/mol. The van der Waals surface area contributed by atoms with Crippen molar-refractivity contribution in [1.29, 1.82) is 0 Å². The number of benzene rings is 1. The maximum atomic E-state index is 8.87. The highest BCUT2D eigenvalue weighted by Gasteiger charge is 2.11. The third kappa shape index (κ3) is 4.59. The molecule has 102 valence electrons. The minimum Gasteiger partial charge on any atom is -0.497 e. The first-order valence-corrected chi connectivity index (χ1v) is 7.05. The SMILES string of the molecule is COc1ccc(C(C)NCC(C)CCO)c(Br)c1. The van der Waals surface area contributed by atoms with Gasteiger partial charge in [0.15, 0.2) is 0 Å². The number of aliphatic hydroxyl groups is 1. The Morgan fingerprint density at radius 1 is 1.39 bits per heavy atom. The van der Waals surface area contributed by atoms with Gasteiger partial charge >= 0.3 is 0 Å². The second-order valence-electron chi connectivity index (χ2n) is 4.63. The lowest BCUT2D eigenvalue weighted by Gasteiger charge is -2.19. The number of nitrogens with one attached hydrogen (secondary N) is 1. The third-order valence-corrected chi connectivity index (χ3v) is 3.76. The molecule has 0 radical (unpaired) electrons. The van der Waals surface area contributed by atoms with Gasteiger partial charge in [-0.05, 0) is 43.5 Å². The van der Waals surface area contributed by atoms with Gasteiger partial charge in [-0.15, -0.1) is 0 Å². The number of hydrogen-bond donors (Lipinski definition) is 2. The van der Waals surface area contributed by atoms with Crippen molar-refractivity contribution in [3.05, 3.63) is 28.2 Å². The lowest BCUT2D eigenvalue weighted by Crippen LogP contribution is -2.25. The quantitative estimate of drug-likeness (QED) is 0.812. The Balaban J connectivity index is 2.58. The van der Waals surface area contributed by atoms with Crippen LogP contribution in [-0.4, -0.2) is 25.4 Å². The van der Waals surface area contributed by atoms with Crippen LogP contribution < -0.4 is 10.1 Å². The van der Waals surface area contributed by atoms with Crippen molar-refractivity contribution in [2.45, 2.75) is 26.3 Å². The van der Waals surface area contributed by atoms with Crippen LogP contribution in [0.5, 0.6) is 5.75 Å². The summed E-state index contributed by atoms with van der Waals surface area (Å²) < 4.78 is 6.23. The first-order chi connectivity index (χ1) is 8.58. The summed E-state index contributed by atoms with van der Waals surface area (Å²) in [6, 6.07) is 6.28. The van der Waals surface area contributed by atoms with Crippen LogP contribution in [0.2, 0.25) is 0 Å². The van der Waals surface area contributed by atoms with Gasteiger partial charge in [0.05, 0.1) is 7.11 Å². The van der Waals surface area contributed by atoms with Crippen LogP contribution in [0.1, 0.15) is 31.9 Å². The van der Waals surface area contributed by atoms with Gasteiger partial charge < -0.3 is 15.2 Å². The second kappa shape index (κ2) is 7.77. The Bertz CT molecular complexity index is 371. The fourth-order valence-corrected chi connectivity index (χ4v) is 2.50. The van der Waals surface area contributed by atoms with Crippen LogP contribution in [0, 0.1) is 5.92 Å². The summed E-state index contributed by atoms with van der Waals surface area (Å²) in [6.45, 7) is 5.43.